The molecule has 0 saturated carbocycles. The van der Waals surface area contributed by atoms with Gasteiger partial charge in [0.1, 0.15) is 24.4 Å². The standard InChI is InChI=1S/C10H18N4O12S3/c1-5(15)13-7-9(25-27)8(26-29(19,20)21)6(4-23-28(16,17)18)24-10(7)22-3-2-12-14-11/h6-10,27H,2-4H2,1H3,(H,13,15)(H,16,17,18)(H,19,20,21)/t6?,7-,8+,9?,10+/m0/s1. The molecule has 19 heteroatoms. The van der Waals surface area contributed by atoms with Crippen molar-refractivity contribution in [3.05, 3.63) is 10.4 Å². The van der Waals surface area contributed by atoms with E-state index in [1.807, 2.05) is 0 Å². The SMILES string of the molecule is CC(=O)N[C@H]1C(OS)[C@H](OS(=O)(=O)O)C(COS(=O)(=O)O)O[C@H]1OCCN=[N+]=[N-]. The van der Waals surface area contributed by atoms with Crippen LogP contribution in [0.5, 0.6) is 0 Å². The van der Waals surface area contributed by atoms with E-state index in [1.54, 1.807) is 0 Å². The van der Waals surface area contributed by atoms with Gasteiger partial charge in [-0.05, 0) is 18.4 Å². The summed E-state index contributed by atoms with van der Waals surface area (Å²) in [6.07, 6.45) is -6.32. The predicted molar refractivity (Wildman–Crippen MR) is 94.0 cm³/mol. The summed E-state index contributed by atoms with van der Waals surface area (Å²) in [6.45, 7) is -0.249. The smallest absolute Gasteiger partial charge is 0.350 e. The van der Waals surface area contributed by atoms with Crippen molar-refractivity contribution in [2.45, 2.75) is 37.6 Å². The molecule has 29 heavy (non-hydrogen) atoms. The van der Waals surface area contributed by atoms with E-state index in [4.69, 9.17) is 28.3 Å². The fraction of sp³-hybridized carbons (Fsp3) is 0.900. The molecule has 0 spiro atoms. The molecule has 168 valence electrons. The molecule has 1 amide bonds. The summed E-state index contributed by atoms with van der Waals surface area (Å²) in [6, 6.07) is -1.27. The van der Waals surface area contributed by atoms with E-state index in [9.17, 15) is 21.6 Å². The average molecular weight is 482 g/mol. The number of hydrogen-bond acceptors (Lipinski definition) is 12. The van der Waals surface area contributed by atoms with Gasteiger partial charge in [0.05, 0.1) is 13.2 Å². The lowest BCUT2D eigenvalue weighted by molar-refractivity contribution is -0.258. The first kappa shape index (κ1) is 25.8. The van der Waals surface area contributed by atoms with Crippen LogP contribution in [0.15, 0.2) is 5.11 Å². The highest BCUT2D eigenvalue weighted by Crippen LogP contribution is 2.29. The molecule has 0 aromatic carbocycles. The Labute approximate surface area is 170 Å². The topological polar surface area (TPSA) is 233 Å². The van der Waals surface area contributed by atoms with Gasteiger partial charge in [0, 0.05) is 18.4 Å². The predicted octanol–water partition coefficient (Wildman–Crippen LogP) is -1.22. The monoisotopic (exact) mass is 482 g/mol. The molecule has 1 aliphatic rings. The molecule has 5 atom stereocenters. The lowest BCUT2D eigenvalue weighted by Crippen LogP contribution is -2.65. The van der Waals surface area contributed by atoms with Gasteiger partial charge < -0.3 is 19.0 Å². The molecule has 0 aliphatic carbocycles. The maximum atomic E-state index is 11.5. The van der Waals surface area contributed by atoms with Crippen LogP contribution in [0.2, 0.25) is 0 Å². The molecule has 2 unspecified atom stereocenters. The van der Waals surface area contributed by atoms with Gasteiger partial charge in [-0.25, -0.2) is 8.37 Å². The summed E-state index contributed by atoms with van der Waals surface area (Å²) in [5.74, 6) is -0.629. The Balaban J connectivity index is 3.21. The van der Waals surface area contributed by atoms with Crippen LogP contribution >= 0.6 is 12.9 Å². The fourth-order valence-electron chi connectivity index (χ4n) is 2.36. The summed E-state index contributed by atoms with van der Waals surface area (Å²) >= 11 is 3.59. The average Bonchev–Trinajstić information content (AvgIpc) is 2.56. The van der Waals surface area contributed by atoms with Crippen LogP contribution in [-0.2, 0) is 47.6 Å². The third-order valence-electron chi connectivity index (χ3n) is 3.29. The second-order valence-electron chi connectivity index (χ2n) is 5.37. The summed E-state index contributed by atoms with van der Waals surface area (Å²) in [7, 11) is -10.1. The highest BCUT2D eigenvalue weighted by Gasteiger charge is 2.50. The van der Waals surface area contributed by atoms with E-state index in [0.29, 0.717) is 0 Å². The Morgan fingerprint density at radius 1 is 1.28 bits per heavy atom. The normalized spacial score (nSPS) is 27.8. The molecule has 1 rings (SSSR count). The maximum absolute atomic E-state index is 11.5. The molecular weight excluding hydrogens is 464 g/mol. The number of amides is 1. The van der Waals surface area contributed by atoms with Crippen LogP contribution in [0.3, 0.4) is 0 Å². The van der Waals surface area contributed by atoms with Gasteiger partial charge in [-0.2, -0.15) is 16.8 Å². The number of carbonyl (C=O) groups excluding carboxylic acids is 1. The van der Waals surface area contributed by atoms with Gasteiger partial charge in [0.2, 0.25) is 5.91 Å². The third kappa shape index (κ3) is 9.40. The van der Waals surface area contributed by atoms with Crippen molar-refractivity contribution in [1.82, 2.24) is 5.32 Å². The Morgan fingerprint density at radius 3 is 2.41 bits per heavy atom. The molecule has 1 heterocycles. The Hall–Kier alpha value is -1.25. The largest absolute Gasteiger partial charge is 0.397 e. The van der Waals surface area contributed by atoms with Crippen LogP contribution in [0.4, 0.5) is 0 Å². The molecule has 0 aromatic heterocycles. The number of thiol groups is 1. The zero-order chi connectivity index (χ0) is 22.2. The fourth-order valence-corrected chi connectivity index (χ4v) is 3.43. The van der Waals surface area contributed by atoms with Crippen molar-refractivity contribution in [1.29, 1.82) is 0 Å². The first-order valence-electron chi connectivity index (χ1n) is 7.50. The van der Waals surface area contributed by atoms with Gasteiger partial charge >= 0.3 is 20.8 Å². The van der Waals surface area contributed by atoms with Gasteiger partial charge in [-0.15, -0.1) is 0 Å². The first-order chi connectivity index (χ1) is 13.4. The molecule has 0 bridgehead atoms. The minimum atomic E-state index is -5.12. The molecule has 1 saturated heterocycles. The zero-order valence-corrected chi connectivity index (χ0v) is 17.1. The quantitative estimate of drug-likeness (QED) is 0.0516. The van der Waals surface area contributed by atoms with Crippen molar-refractivity contribution in [2.24, 2.45) is 5.11 Å². The molecule has 3 N–H and O–H groups in total. The summed E-state index contributed by atoms with van der Waals surface area (Å²) in [4.78, 5) is 14.0. The first-order valence-corrected chi connectivity index (χ1v) is 10.6. The van der Waals surface area contributed by atoms with E-state index in [2.05, 4.69) is 36.6 Å². The lowest BCUT2D eigenvalue weighted by atomic mass is 9.97. The second kappa shape index (κ2) is 11.2. The summed E-state index contributed by atoms with van der Waals surface area (Å²) in [5, 5.41) is 5.58. The van der Waals surface area contributed by atoms with Gasteiger partial charge in [0.15, 0.2) is 6.29 Å². The Kier molecular flexibility index (Phi) is 9.98. The number of nitrogens with one attached hydrogen (secondary N) is 1. The van der Waals surface area contributed by atoms with Crippen molar-refractivity contribution < 1.29 is 52.8 Å². The van der Waals surface area contributed by atoms with Crippen LogP contribution < -0.4 is 5.32 Å². The number of azide groups is 1. The molecule has 0 radical (unpaired) electrons. The highest BCUT2D eigenvalue weighted by molar-refractivity contribution is 7.81. The van der Waals surface area contributed by atoms with E-state index < -0.39 is 64.0 Å². The molecule has 16 nitrogen and oxygen atoms in total. The second-order valence-corrected chi connectivity index (χ2v) is 7.72. The van der Waals surface area contributed by atoms with Crippen molar-refractivity contribution >= 4 is 39.6 Å². The van der Waals surface area contributed by atoms with Crippen LogP contribution in [0.1, 0.15) is 6.92 Å². The van der Waals surface area contributed by atoms with E-state index in [0.717, 1.165) is 6.92 Å². The molecule has 0 aromatic rings. The maximum Gasteiger partial charge on any atom is 0.397 e. The van der Waals surface area contributed by atoms with Crippen molar-refractivity contribution in [3.63, 3.8) is 0 Å². The van der Waals surface area contributed by atoms with Crippen LogP contribution in [0, 0.1) is 0 Å². The summed E-state index contributed by atoms with van der Waals surface area (Å²) < 4.78 is 86.0. The Morgan fingerprint density at radius 2 is 1.93 bits per heavy atom. The number of nitrogens with zero attached hydrogens (tertiary/aromatic N) is 3. The third-order valence-corrected chi connectivity index (χ3v) is 4.43. The lowest BCUT2D eigenvalue weighted by Gasteiger charge is -2.44. The van der Waals surface area contributed by atoms with Gasteiger partial charge in [-0.3, -0.25) is 13.9 Å². The molecular formula is C10H18N4O12S3. The minimum Gasteiger partial charge on any atom is -0.350 e. The summed E-state index contributed by atoms with van der Waals surface area (Å²) in [5.41, 5.74) is 8.28. The number of rotatable bonds is 11. The minimum absolute atomic E-state index is 0.146. The number of hydrogen-bond donors (Lipinski definition) is 4. The van der Waals surface area contributed by atoms with Gasteiger partial charge in [0.25, 0.3) is 0 Å². The highest BCUT2D eigenvalue weighted by atomic mass is 32.3. The van der Waals surface area contributed by atoms with Crippen molar-refractivity contribution in [2.75, 3.05) is 19.8 Å². The Bertz CT molecular complexity index is 814. The molecule has 1 aliphatic heterocycles. The van der Waals surface area contributed by atoms with E-state index in [-0.39, 0.29) is 13.2 Å². The van der Waals surface area contributed by atoms with Crippen LogP contribution in [-0.4, -0.2) is 82.3 Å². The van der Waals surface area contributed by atoms with E-state index in [1.165, 1.54) is 0 Å². The number of carbonyl (C=O) groups is 1. The van der Waals surface area contributed by atoms with Crippen LogP contribution in [0.25, 0.3) is 10.4 Å². The molecule has 1 fully saturated rings. The van der Waals surface area contributed by atoms with Crippen molar-refractivity contribution in [3.8, 4) is 0 Å². The van der Waals surface area contributed by atoms with E-state index >= 15 is 0 Å². The zero-order valence-electron chi connectivity index (χ0n) is 14.6. The number of ether oxygens (including phenoxy) is 2. The van der Waals surface area contributed by atoms with Gasteiger partial charge in [-0.1, -0.05) is 5.11 Å².